The number of hydrogen-bond donors (Lipinski definition) is 1. The van der Waals surface area contributed by atoms with E-state index in [2.05, 4.69) is 9.88 Å². The smallest absolute Gasteiger partial charge is 0.256 e. The summed E-state index contributed by atoms with van der Waals surface area (Å²) < 4.78 is 16.1. The molecule has 0 radical (unpaired) electrons. The van der Waals surface area contributed by atoms with Crippen LogP contribution in [0.15, 0.2) is 47.3 Å². The van der Waals surface area contributed by atoms with Crippen LogP contribution in [0.3, 0.4) is 0 Å². The van der Waals surface area contributed by atoms with Crippen LogP contribution >= 0.6 is 0 Å². The largest absolute Gasteiger partial charge is 0.497 e. The number of nitrogens with zero attached hydrogens (tertiary/aromatic N) is 1. The summed E-state index contributed by atoms with van der Waals surface area (Å²) in [6, 6.07) is 13.4. The third-order valence-electron chi connectivity index (χ3n) is 4.91. The minimum absolute atomic E-state index is 0.133. The predicted molar refractivity (Wildman–Crippen MR) is 106 cm³/mol. The highest BCUT2D eigenvalue weighted by molar-refractivity contribution is 6.00. The number of morpholine rings is 1. The number of fused-ring (bicyclic) bond motifs is 1. The van der Waals surface area contributed by atoms with Crippen LogP contribution < -0.4 is 19.9 Å². The van der Waals surface area contributed by atoms with Crippen molar-refractivity contribution in [2.75, 3.05) is 45.4 Å². The summed E-state index contributed by atoms with van der Waals surface area (Å²) in [5, 5.41) is 1.53. The van der Waals surface area contributed by atoms with Crippen LogP contribution in [0.25, 0.3) is 22.0 Å². The Morgan fingerprint density at radius 3 is 2.26 bits per heavy atom. The van der Waals surface area contributed by atoms with Crippen molar-refractivity contribution >= 4 is 16.5 Å². The van der Waals surface area contributed by atoms with Gasteiger partial charge in [-0.05, 0) is 42.5 Å². The van der Waals surface area contributed by atoms with Crippen molar-refractivity contribution in [2.24, 2.45) is 0 Å². The van der Waals surface area contributed by atoms with Crippen LogP contribution in [0.5, 0.6) is 11.5 Å². The van der Waals surface area contributed by atoms with E-state index in [0.29, 0.717) is 24.3 Å². The summed E-state index contributed by atoms with van der Waals surface area (Å²) in [5.41, 5.74) is 2.63. The summed E-state index contributed by atoms with van der Waals surface area (Å²) in [7, 11) is 3.24. The van der Waals surface area contributed by atoms with Gasteiger partial charge in [0.25, 0.3) is 5.56 Å². The van der Waals surface area contributed by atoms with Gasteiger partial charge >= 0.3 is 0 Å². The fraction of sp³-hybridized carbons (Fsp3) is 0.286. The van der Waals surface area contributed by atoms with Gasteiger partial charge in [0.1, 0.15) is 11.5 Å². The number of aromatic amines is 1. The van der Waals surface area contributed by atoms with Gasteiger partial charge in [0.05, 0.1) is 44.2 Å². The zero-order valence-corrected chi connectivity index (χ0v) is 15.5. The van der Waals surface area contributed by atoms with Crippen LogP contribution in [0.4, 0.5) is 5.69 Å². The number of nitrogens with one attached hydrogen (secondary N) is 1. The van der Waals surface area contributed by atoms with E-state index < -0.39 is 0 Å². The molecule has 4 rings (SSSR count). The lowest BCUT2D eigenvalue weighted by Crippen LogP contribution is -2.37. The van der Waals surface area contributed by atoms with Gasteiger partial charge in [0.15, 0.2) is 0 Å². The molecule has 27 heavy (non-hydrogen) atoms. The Morgan fingerprint density at radius 2 is 1.59 bits per heavy atom. The van der Waals surface area contributed by atoms with Gasteiger partial charge in [-0.3, -0.25) is 4.79 Å². The van der Waals surface area contributed by atoms with Crippen molar-refractivity contribution in [1.82, 2.24) is 4.98 Å². The van der Waals surface area contributed by atoms with Crippen molar-refractivity contribution in [1.29, 1.82) is 0 Å². The second-order valence-electron chi connectivity index (χ2n) is 6.42. The molecule has 0 bridgehead atoms. The molecule has 1 fully saturated rings. The van der Waals surface area contributed by atoms with E-state index in [1.165, 1.54) is 0 Å². The number of pyridine rings is 1. The van der Waals surface area contributed by atoms with Crippen molar-refractivity contribution in [2.45, 2.75) is 0 Å². The topological polar surface area (TPSA) is 63.8 Å². The van der Waals surface area contributed by atoms with Crippen molar-refractivity contribution < 1.29 is 14.2 Å². The zero-order chi connectivity index (χ0) is 18.8. The van der Waals surface area contributed by atoms with Crippen LogP contribution in [0.1, 0.15) is 0 Å². The molecule has 3 aromatic rings. The second-order valence-corrected chi connectivity index (χ2v) is 6.42. The van der Waals surface area contributed by atoms with E-state index in [1.807, 2.05) is 36.4 Å². The number of methoxy groups -OCH3 is 2. The summed E-state index contributed by atoms with van der Waals surface area (Å²) in [6.45, 7) is 2.88. The van der Waals surface area contributed by atoms with Crippen molar-refractivity contribution in [3.05, 3.63) is 52.8 Å². The average Bonchev–Trinajstić information content (AvgIpc) is 2.74. The average molecular weight is 366 g/mol. The fourth-order valence-electron chi connectivity index (χ4n) is 3.50. The molecule has 0 atom stereocenters. The highest BCUT2D eigenvalue weighted by Gasteiger charge is 2.21. The maximum Gasteiger partial charge on any atom is 0.256 e. The van der Waals surface area contributed by atoms with E-state index >= 15 is 0 Å². The van der Waals surface area contributed by atoms with Crippen LogP contribution in [0.2, 0.25) is 0 Å². The zero-order valence-electron chi connectivity index (χ0n) is 15.5. The Hall–Kier alpha value is -2.99. The van der Waals surface area contributed by atoms with Crippen molar-refractivity contribution in [3.8, 4) is 22.8 Å². The Morgan fingerprint density at radius 1 is 0.926 bits per heavy atom. The Kier molecular flexibility index (Phi) is 4.73. The molecule has 0 saturated carbocycles. The predicted octanol–water partition coefficient (Wildman–Crippen LogP) is 3.05. The molecule has 1 aliphatic rings. The molecule has 2 heterocycles. The van der Waals surface area contributed by atoms with Gasteiger partial charge in [0, 0.05) is 24.0 Å². The molecule has 1 aromatic heterocycles. The molecule has 0 amide bonds. The van der Waals surface area contributed by atoms with Crippen LogP contribution in [-0.2, 0) is 4.74 Å². The van der Waals surface area contributed by atoms with Crippen LogP contribution in [0, 0.1) is 0 Å². The van der Waals surface area contributed by atoms with E-state index in [-0.39, 0.29) is 5.56 Å². The number of rotatable bonds is 4. The number of benzene rings is 2. The number of ether oxygens (including phenoxy) is 3. The first-order valence-corrected chi connectivity index (χ1v) is 8.92. The molecular formula is C21H22N2O4. The lowest BCUT2D eigenvalue weighted by atomic mass is 10.0. The first-order chi connectivity index (χ1) is 13.2. The number of anilines is 1. The number of H-pyrrole nitrogens is 1. The third kappa shape index (κ3) is 3.24. The fourth-order valence-corrected chi connectivity index (χ4v) is 3.50. The lowest BCUT2D eigenvalue weighted by Gasteiger charge is -2.31. The number of hydrogen-bond acceptors (Lipinski definition) is 5. The van der Waals surface area contributed by atoms with E-state index in [0.717, 1.165) is 41.2 Å². The molecule has 0 aliphatic carbocycles. The molecule has 2 aromatic carbocycles. The molecule has 1 aliphatic heterocycles. The monoisotopic (exact) mass is 366 g/mol. The van der Waals surface area contributed by atoms with E-state index in [1.54, 1.807) is 20.3 Å². The Balaban J connectivity index is 1.97. The maximum atomic E-state index is 12.8. The Labute approximate surface area is 157 Å². The summed E-state index contributed by atoms with van der Waals surface area (Å²) in [5.74, 6) is 1.44. The third-order valence-corrected chi connectivity index (χ3v) is 4.91. The molecular weight excluding hydrogens is 344 g/mol. The summed E-state index contributed by atoms with van der Waals surface area (Å²) in [4.78, 5) is 18.2. The summed E-state index contributed by atoms with van der Waals surface area (Å²) in [6.07, 6.45) is 0. The first kappa shape index (κ1) is 17.4. The Bertz CT molecular complexity index is 1010. The molecule has 140 valence electrons. The minimum Gasteiger partial charge on any atom is -0.497 e. The molecule has 0 unspecified atom stereocenters. The van der Waals surface area contributed by atoms with Crippen molar-refractivity contribution in [3.63, 3.8) is 0 Å². The van der Waals surface area contributed by atoms with Gasteiger partial charge < -0.3 is 24.1 Å². The first-order valence-electron chi connectivity index (χ1n) is 8.92. The molecule has 1 N–H and O–H groups in total. The summed E-state index contributed by atoms with van der Waals surface area (Å²) >= 11 is 0. The normalized spacial score (nSPS) is 14.4. The van der Waals surface area contributed by atoms with E-state index in [4.69, 9.17) is 14.2 Å². The lowest BCUT2D eigenvalue weighted by molar-refractivity contribution is 0.123. The van der Waals surface area contributed by atoms with Gasteiger partial charge in [0.2, 0.25) is 0 Å². The molecule has 0 spiro atoms. The standard InChI is InChI=1S/C21H22N2O4/c1-25-15-5-3-14(4-6-15)19-20(23-9-11-27-12-10-23)17-8-7-16(26-2)13-18(17)21(24)22-19/h3-8,13H,9-12H2,1-2H3,(H,22,24). The molecule has 1 saturated heterocycles. The number of aromatic nitrogens is 1. The second kappa shape index (κ2) is 7.32. The van der Waals surface area contributed by atoms with Gasteiger partial charge in [-0.2, -0.15) is 0 Å². The quantitative estimate of drug-likeness (QED) is 0.769. The highest BCUT2D eigenvalue weighted by atomic mass is 16.5. The van der Waals surface area contributed by atoms with E-state index in [9.17, 15) is 4.79 Å². The van der Waals surface area contributed by atoms with Gasteiger partial charge in [-0.25, -0.2) is 0 Å². The van der Waals surface area contributed by atoms with Gasteiger partial charge in [-0.1, -0.05) is 0 Å². The van der Waals surface area contributed by atoms with Gasteiger partial charge in [-0.15, -0.1) is 0 Å². The molecule has 6 heteroatoms. The SMILES string of the molecule is COc1ccc(-c2[nH]c(=O)c3cc(OC)ccc3c2N2CCOCC2)cc1. The van der Waals surface area contributed by atoms with Crippen LogP contribution in [-0.4, -0.2) is 45.5 Å². The highest BCUT2D eigenvalue weighted by Crippen LogP contribution is 2.36. The minimum atomic E-state index is -0.133. The maximum absolute atomic E-state index is 12.8. The molecule has 6 nitrogen and oxygen atoms in total.